The fraction of sp³-hybridized carbons (Fsp3) is 0.333. The van der Waals surface area contributed by atoms with Crippen molar-refractivity contribution in [1.82, 2.24) is 0 Å². The van der Waals surface area contributed by atoms with Gasteiger partial charge in [0.05, 0.1) is 6.10 Å². The molecule has 0 spiro atoms. The normalized spacial score (nSPS) is 34.2. The maximum absolute atomic E-state index is 9.01. The summed E-state index contributed by atoms with van der Waals surface area (Å²) in [6.45, 7) is 0. The first-order valence-electron chi connectivity index (χ1n) is 2.61. The SMILES string of the molecule is OC1=CC=CC(O)C1Br. The minimum absolute atomic E-state index is 0.171. The molecule has 2 N–H and O–H groups in total. The van der Waals surface area contributed by atoms with Crippen LogP contribution in [0.1, 0.15) is 0 Å². The van der Waals surface area contributed by atoms with Gasteiger partial charge >= 0.3 is 0 Å². The van der Waals surface area contributed by atoms with Gasteiger partial charge in [0.15, 0.2) is 0 Å². The van der Waals surface area contributed by atoms with Crippen molar-refractivity contribution in [3.8, 4) is 0 Å². The van der Waals surface area contributed by atoms with Crippen LogP contribution in [0.25, 0.3) is 0 Å². The van der Waals surface area contributed by atoms with E-state index in [0.717, 1.165) is 0 Å². The van der Waals surface area contributed by atoms with E-state index in [9.17, 15) is 0 Å². The zero-order chi connectivity index (χ0) is 6.85. The van der Waals surface area contributed by atoms with Crippen molar-refractivity contribution in [3.63, 3.8) is 0 Å². The maximum atomic E-state index is 9.01. The maximum Gasteiger partial charge on any atom is 0.109 e. The molecule has 0 saturated carbocycles. The van der Waals surface area contributed by atoms with Crippen LogP contribution in [0, 0.1) is 0 Å². The molecule has 9 heavy (non-hydrogen) atoms. The Morgan fingerprint density at radius 2 is 2.22 bits per heavy atom. The van der Waals surface area contributed by atoms with E-state index < -0.39 is 6.10 Å². The van der Waals surface area contributed by atoms with E-state index in [1.54, 1.807) is 18.2 Å². The van der Waals surface area contributed by atoms with Crippen LogP contribution in [-0.4, -0.2) is 21.1 Å². The van der Waals surface area contributed by atoms with Crippen molar-refractivity contribution in [2.75, 3.05) is 0 Å². The zero-order valence-electron chi connectivity index (χ0n) is 4.66. The quantitative estimate of drug-likeness (QED) is 0.563. The molecule has 2 atom stereocenters. The Labute approximate surface area is 61.6 Å². The molecule has 0 saturated heterocycles. The second-order valence-corrected chi connectivity index (χ2v) is 2.86. The summed E-state index contributed by atoms with van der Waals surface area (Å²) < 4.78 is 0. The lowest BCUT2D eigenvalue weighted by atomic mass is 10.1. The van der Waals surface area contributed by atoms with Gasteiger partial charge in [0.25, 0.3) is 0 Å². The number of allylic oxidation sites excluding steroid dienone is 2. The van der Waals surface area contributed by atoms with Crippen LogP contribution in [0.15, 0.2) is 24.0 Å². The van der Waals surface area contributed by atoms with Gasteiger partial charge in [-0.2, -0.15) is 0 Å². The molecule has 0 aromatic heterocycles. The predicted octanol–water partition coefficient (Wildman–Crippen LogP) is 1.12. The first-order chi connectivity index (χ1) is 4.22. The lowest BCUT2D eigenvalue weighted by Crippen LogP contribution is -2.21. The van der Waals surface area contributed by atoms with Crippen molar-refractivity contribution >= 4 is 15.9 Å². The molecule has 3 heteroatoms. The van der Waals surface area contributed by atoms with Gasteiger partial charge in [0, 0.05) is 0 Å². The van der Waals surface area contributed by atoms with E-state index in [2.05, 4.69) is 15.9 Å². The molecule has 1 rings (SSSR count). The van der Waals surface area contributed by atoms with Gasteiger partial charge in [0.2, 0.25) is 0 Å². The van der Waals surface area contributed by atoms with Crippen LogP contribution in [0.5, 0.6) is 0 Å². The molecule has 0 heterocycles. The Morgan fingerprint density at radius 3 is 2.67 bits per heavy atom. The average molecular weight is 191 g/mol. The zero-order valence-corrected chi connectivity index (χ0v) is 6.25. The third kappa shape index (κ3) is 1.34. The third-order valence-corrected chi connectivity index (χ3v) is 2.17. The van der Waals surface area contributed by atoms with Crippen LogP contribution in [0.4, 0.5) is 0 Å². The molecule has 0 fully saturated rings. The van der Waals surface area contributed by atoms with Crippen molar-refractivity contribution < 1.29 is 10.2 Å². The summed E-state index contributed by atoms with van der Waals surface area (Å²) in [6.07, 6.45) is 4.18. The molecule has 0 radical (unpaired) electrons. The minimum Gasteiger partial charge on any atom is -0.511 e. The second-order valence-electron chi connectivity index (χ2n) is 1.87. The molecule has 0 aromatic rings. The van der Waals surface area contributed by atoms with E-state index in [-0.39, 0.29) is 10.6 Å². The summed E-state index contributed by atoms with van der Waals surface area (Å²) in [5.41, 5.74) is 0. The number of hydrogen-bond donors (Lipinski definition) is 2. The molecule has 50 valence electrons. The molecular formula is C6H7BrO2. The molecule has 0 aliphatic heterocycles. The Balaban J connectivity index is 2.73. The lowest BCUT2D eigenvalue weighted by Gasteiger charge is -2.15. The average Bonchev–Trinajstić information content (AvgIpc) is 1.83. The summed E-state index contributed by atoms with van der Waals surface area (Å²) >= 11 is 3.10. The number of aliphatic hydroxyl groups excluding tert-OH is 2. The van der Waals surface area contributed by atoms with Gasteiger partial charge in [0.1, 0.15) is 10.6 Å². The number of rotatable bonds is 0. The van der Waals surface area contributed by atoms with Crippen LogP contribution in [-0.2, 0) is 0 Å². The molecule has 1 aliphatic rings. The van der Waals surface area contributed by atoms with Gasteiger partial charge in [-0.15, -0.1) is 0 Å². The Hall–Kier alpha value is -0.280. The van der Waals surface area contributed by atoms with Gasteiger partial charge in [-0.1, -0.05) is 28.1 Å². The molecule has 0 bridgehead atoms. The Morgan fingerprint density at radius 1 is 1.56 bits per heavy atom. The molecule has 0 aromatic carbocycles. The molecule has 0 amide bonds. The van der Waals surface area contributed by atoms with Gasteiger partial charge in [-0.05, 0) is 6.08 Å². The van der Waals surface area contributed by atoms with E-state index in [4.69, 9.17) is 10.2 Å². The predicted molar refractivity (Wildman–Crippen MR) is 38.6 cm³/mol. The summed E-state index contributed by atoms with van der Waals surface area (Å²) in [6, 6.07) is 0. The van der Waals surface area contributed by atoms with Crippen molar-refractivity contribution in [1.29, 1.82) is 0 Å². The highest BCUT2D eigenvalue weighted by molar-refractivity contribution is 9.09. The van der Waals surface area contributed by atoms with Crippen LogP contribution < -0.4 is 0 Å². The minimum atomic E-state index is -0.602. The van der Waals surface area contributed by atoms with Crippen LogP contribution in [0.2, 0.25) is 0 Å². The first-order valence-corrected chi connectivity index (χ1v) is 3.53. The summed E-state index contributed by atoms with van der Waals surface area (Å²) in [4.78, 5) is -0.331. The van der Waals surface area contributed by atoms with Gasteiger partial charge in [-0.25, -0.2) is 0 Å². The van der Waals surface area contributed by atoms with E-state index in [0.29, 0.717) is 0 Å². The van der Waals surface area contributed by atoms with Crippen LogP contribution in [0.3, 0.4) is 0 Å². The Kier molecular flexibility index (Phi) is 1.93. The number of alkyl halides is 1. The number of halogens is 1. The fourth-order valence-electron chi connectivity index (χ4n) is 0.632. The van der Waals surface area contributed by atoms with E-state index >= 15 is 0 Å². The van der Waals surface area contributed by atoms with Crippen molar-refractivity contribution in [2.24, 2.45) is 0 Å². The van der Waals surface area contributed by atoms with Gasteiger partial charge < -0.3 is 10.2 Å². The number of aliphatic hydroxyl groups is 2. The summed E-state index contributed by atoms with van der Waals surface area (Å²) in [7, 11) is 0. The highest BCUT2D eigenvalue weighted by Gasteiger charge is 2.18. The van der Waals surface area contributed by atoms with Gasteiger partial charge in [-0.3, -0.25) is 0 Å². The second kappa shape index (κ2) is 2.54. The molecule has 2 nitrogen and oxygen atoms in total. The summed E-state index contributed by atoms with van der Waals surface area (Å²) in [5, 5.41) is 18.0. The largest absolute Gasteiger partial charge is 0.511 e. The molecule has 1 aliphatic carbocycles. The summed E-state index contributed by atoms with van der Waals surface area (Å²) in [5.74, 6) is 0.171. The topological polar surface area (TPSA) is 40.5 Å². The van der Waals surface area contributed by atoms with Crippen molar-refractivity contribution in [2.45, 2.75) is 10.9 Å². The van der Waals surface area contributed by atoms with E-state index in [1.807, 2.05) is 0 Å². The molecule has 2 unspecified atom stereocenters. The van der Waals surface area contributed by atoms with Crippen molar-refractivity contribution in [3.05, 3.63) is 24.0 Å². The standard InChI is InChI=1S/C6H7BrO2/c7-6-4(8)2-1-3-5(6)9/h1-4,6,8-9H. The lowest BCUT2D eigenvalue weighted by molar-refractivity contribution is 0.208. The first kappa shape index (κ1) is 6.83. The monoisotopic (exact) mass is 190 g/mol. The third-order valence-electron chi connectivity index (χ3n) is 1.16. The smallest absolute Gasteiger partial charge is 0.109 e. The molecular weight excluding hydrogens is 184 g/mol. The van der Waals surface area contributed by atoms with Crippen LogP contribution >= 0.6 is 15.9 Å². The fourth-order valence-corrected chi connectivity index (χ4v) is 0.961. The highest BCUT2D eigenvalue weighted by Crippen LogP contribution is 2.18. The Bertz CT molecular complexity index is 162. The van der Waals surface area contributed by atoms with E-state index in [1.165, 1.54) is 0 Å². The number of hydrogen-bond acceptors (Lipinski definition) is 2. The highest BCUT2D eigenvalue weighted by atomic mass is 79.9.